The average Bonchev–Trinajstić information content (AvgIpc) is 2.40. The van der Waals surface area contributed by atoms with Crippen LogP contribution in [0.1, 0.15) is 22.3 Å². The van der Waals surface area contributed by atoms with Crippen molar-refractivity contribution in [1.29, 1.82) is 0 Å². The maximum Gasteiger partial charge on any atom is 0.164 e. The maximum atomic E-state index is 11.8. The van der Waals surface area contributed by atoms with Crippen molar-refractivity contribution in [3.8, 4) is 0 Å². The van der Waals surface area contributed by atoms with Crippen LogP contribution in [0.5, 0.6) is 0 Å². The van der Waals surface area contributed by atoms with E-state index in [9.17, 15) is 4.79 Å². The summed E-state index contributed by atoms with van der Waals surface area (Å²) in [5, 5.41) is 3.15. The van der Waals surface area contributed by atoms with E-state index in [1.165, 1.54) is 0 Å². The lowest BCUT2D eigenvalue weighted by Gasteiger charge is -2.05. The molecular weight excluding hydrogens is 224 g/mol. The number of aryl methyl sites for hydroxylation is 1. The number of hydrogen-bond donors (Lipinski definition) is 1. The molecule has 0 aliphatic heterocycles. The molecule has 92 valence electrons. The summed E-state index contributed by atoms with van der Waals surface area (Å²) in [4.78, 5) is 16.0. The molecule has 0 saturated heterocycles. The Balaban J connectivity index is 1.84. The second kappa shape index (κ2) is 5.96. The quantitative estimate of drug-likeness (QED) is 0.817. The first kappa shape index (κ1) is 12.3. The van der Waals surface area contributed by atoms with Gasteiger partial charge in [0.15, 0.2) is 5.78 Å². The van der Waals surface area contributed by atoms with Crippen LogP contribution in [-0.4, -0.2) is 17.3 Å². The molecule has 1 N–H and O–H groups in total. The number of rotatable bonds is 5. The van der Waals surface area contributed by atoms with Crippen LogP contribution in [0.25, 0.3) is 0 Å². The van der Waals surface area contributed by atoms with Crippen LogP contribution in [0.3, 0.4) is 0 Å². The van der Waals surface area contributed by atoms with Crippen molar-refractivity contribution in [3.63, 3.8) is 0 Å². The van der Waals surface area contributed by atoms with Crippen molar-refractivity contribution in [2.45, 2.75) is 13.3 Å². The number of Topliss-reactive ketones (excluding diaryl/α,β-unsaturated/α-hetero) is 1. The fourth-order valence-electron chi connectivity index (χ4n) is 1.71. The highest BCUT2D eigenvalue weighted by atomic mass is 16.1. The maximum absolute atomic E-state index is 11.8. The predicted molar refractivity (Wildman–Crippen MR) is 72.9 cm³/mol. The summed E-state index contributed by atoms with van der Waals surface area (Å²) >= 11 is 0. The van der Waals surface area contributed by atoms with E-state index in [1.54, 1.807) is 6.20 Å². The fourth-order valence-corrected chi connectivity index (χ4v) is 1.71. The minimum absolute atomic E-state index is 0.149. The molecule has 1 aromatic heterocycles. The lowest BCUT2D eigenvalue weighted by atomic mass is 10.1. The third-order valence-electron chi connectivity index (χ3n) is 2.67. The van der Waals surface area contributed by atoms with Crippen LogP contribution in [0.4, 0.5) is 5.82 Å². The highest BCUT2D eigenvalue weighted by Crippen LogP contribution is 2.07. The second-order valence-electron chi connectivity index (χ2n) is 4.18. The molecule has 0 fully saturated rings. The number of ketones is 1. The number of carbonyl (C=O) groups is 1. The van der Waals surface area contributed by atoms with Crippen molar-refractivity contribution in [2.24, 2.45) is 0 Å². The van der Waals surface area contributed by atoms with E-state index < -0.39 is 0 Å². The number of nitrogens with zero attached hydrogens (tertiary/aromatic N) is 1. The van der Waals surface area contributed by atoms with Gasteiger partial charge in [0.1, 0.15) is 5.82 Å². The average molecular weight is 240 g/mol. The first-order valence-corrected chi connectivity index (χ1v) is 6.00. The molecule has 18 heavy (non-hydrogen) atoms. The van der Waals surface area contributed by atoms with Crippen molar-refractivity contribution in [1.82, 2.24) is 4.98 Å². The predicted octanol–water partition coefficient (Wildman–Crippen LogP) is 3.07. The van der Waals surface area contributed by atoms with Crippen LogP contribution in [0.2, 0.25) is 0 Å². The molecule has 3 heteroatoms. The number of pyridine rings is 1. The SMILES string of the molecule is Cc1ccnc(NCCC(=O)c2ccccc2)c1. The van der Waals surface area contributed by atoms with E-state index in [0.717, 1.165) is 16.9 Å². The normalized spacial score (nSPS) is 10.1. The van der Waals surface area contributed by atoms with Gasteiger partial charge in [0, 0.05) is 24.7 Å². The fraction of sp³-hybridized carbons (Fsp3) is 0.200. The topological polar surface area (TPSA) is 42.0 Å². The zero-order valence-electron chi connectivity index (χ0n) is 10.4. The molecular formula is C15H16N2O. The molecule has 0 amide bonds. The van der Waals surface area contributed by atoms with Gasteiger partial charge in [-0.3, -0.25) is 4.79 Å². The van der Waals surface area contributed by atoms with Crippen LogP contribution in [-0.2, 0) is 0 Å². The smallest absolute Gasteiger partial charge is 0.164 e. The molecule has 0 aliphatic rings. The van der Waals surface area contributed by atoms with E-state index in [4.69, 9.17) is 0 Å². The molecule has 2 aromatic rings. The van der Waals surface area contributed by atoms with Crippen LogP contribution in [0.15, 0.2) is 48.7 Å². The van der Waals surface area contributed by atoms with Crippen LogP contribution >= 0.6 is 0 Å². The number of aromatic nitrogens is 1. The summed E-state index contributed by atoms with van der Waals surface area (Å²) < 4.78 is 0. The van der Waals surface area contributed by atoms with Crippen LogP contribution < -0.4 is 5.32 Å². The van der Waals surface area contributed by atoms with Gasteiger partial charge in [-0.2, -0.15) is 0 Å². The summed E-state index contributed by atoms with van der Waals surface area (Å²) in [6.07, 6.45) is 2.23. The molecule has 0 bridgehead atoms. The number of benzene rings is 1. The van der Waals surface area contributed by atoms with Gasteiger partial charge in [-0.1, -0.05) is 30.3 Å². The number of anilines is 1. The lowest BCUT2D eigenvalue weighted by molar-refractivity contribution is 0.0986. The monoisotopic (exact) mass is 240 g/mol. The largest absolute Gasteiger partial charge is 0.370 e. The first-order valence-electron chi connectivity index (χ1n) is 6.00. The van der Waals surface area contributed by atoms with Crippen molar-refractivity contribution >= 4 is 11.6 Å². The second-order valence-corrected chi connectivity index (χ2v) is 4.18. The van der Waals surface area contributed by atoms with Gasteiger partial charge in [-0.25, -0.2) is 4.98 Å². The third-order valence-corrected chi connectivity index (χ3v) is 2.67. The Morgan fingerprint density at radius 1 is 1.22 bits per heavy atom. The number of carbonyl (C=O) groups excluding carboxylic acids is 1. The Kier molecular flexibility index (Phi) is 4.07. The van der Waals surface area contributed by atoms with Crippen molar-refractivity contribution in [3.05, 3.63) is 59.8 Å². The van der Waals surface area contributed by atoms with E-state index in [2.05, 4.69) is 10.3 Å². The van der Waals surface area contributed by atoms with E-state index in [0.29, 0.717) is 13.0 Å². The Labute approximate surface area is 107 Å². The Hall–Kier alpha value is -2.16. The van der Waals surface area contributed by atoms with Crippen molar-refractivity contribution in [2.75, 3.05) is 11.9 Å². The molecule has 0 atom stereocenters. The molecule has 2 rings (SSSR count). The van der Waals surface area contributed by atoms with Gasteiger partial charge in [0.2, 0.25) is 0 Å². The third kappa shape index (κ3) is 3.42. The molecule has 1 heterocycles. The highest BCUT2D eigenvalue weighted by molar-refractivity contribution is 5.96. The standard InChI is InChI=1S/C15H16N2O/c1-12-7-9-16-15(11-12)17-10-8-14(18)13-5-3-2-4-6-13/h2-7,9,11H,8,10H2,1H3,(H,16,17). The molecule has 0 unspecified atom stereocenters. The highest BCUT2D eigenvalue weighted by Gasteiger charge is 2.04. The Bertz CT molecular complexity index is 523. The van der Waals surface area contributed by atoms with Gasteiger partial charge >= 0.3 is 0 Å². The molecule has 0 radical (unpaired) electrons. The van der Waals surface area contributed by atoms with Gasteiger partial charge < -0.3 is 5.32 Å². The van der Waals surface area contributed by atoms with Gasteiger partial charge in [0.05, 0.1) is 0 Å². The minimum Gasteiger partial charge on any atom is -0.370 e. The first-order chi connectivity index (χ1) is 8.75. The zero-order valence-corrected chi connectivity index (χ0v) is 10.4. The molecule has 3 nitrogen and oxygen atoms in total. The number of nitrogens with one attached hydrogen (secondary N) is 1. The Morgan fingerprint density at radius 2 is 2.00 bits per heavy atom. The molecule has 0 spiro atoms. The summed E-state index contributed by atoms with van der Waals surface area (Å²) in [6.45, 7) is 2.62. The van der Waals surface area contributed by atoms with Gasteiger partial charge in [0.25, 0.3) is 0 Å². The zero-order chi connectivity index (χ0) is 12.8. The Morgan fingerprint density at radius 3 is 2.72 bits per heavy atom. The molecule has 0 saturated carbocycles. The summed E-state index contributed by atoms with van der Waals surface area (Å²) in [6, 6.07) is 13.3. The van der Waals surface area contributed by atoms with E-state index in [-0.39, 0.29) is 5.78 Å². The molecule has 1 aromatic carbocycles. The number of hydrogen-bond acceptors (Lipinski definition) is 3. The summed E-state index contributed by atoms with van der Waals surface area (Å²) in [5.74, 6) is 0.964. The molecule has 0 aliphatic carbocycles. The summed E-state index contributed by atoms with van der Waals surface area (Å²) in [7, 11) is 0. The summed E-state index contributed by atoms with van der Waals surface area (Å²) in [5.41, 5.74) is 1.92. The van der Waals surface area contributed by atoms with Gasteiger partial charge in [-0.05, 0) is 24.6 Å². The minimum atomic E-state index is 0.149. The lowest BCUT2D eigenvalue weighted by Crippen LogP contribution is -2.09. The van der Waals surface area contributed by atoms with Crippen LogP contribution in [0, 0.1) is 6.92 Å². The van der Waals surface area contributed by atoms with Crippen molar-refractivity contribution < 1.29 is 4.79 Å². The van der Waals surface area contributed by atoms with E-state index in [1.807, 2.05) is 49.4 Å². The van der Waals surface area contributed by atoms with E-state index >= 15 is 0 Å². The van der Waals surface area contributed by atoms with Gasteiger partial charge in [-0.15, -0.1) is 0 Å².